The van der Waals surface area contributed by atoms with E-state index < -0.39 is 5.97 Å². The lowest BCUT2D eigenvalue weighted by molar-refractivity contribution is -0.143. The lowest BCUT2D eigenvalue weighted by Gasteiger charge is -2.29. The molecule has 88 valence electrons. The summed E-state index contributed by atoms with van der Waals surface area (Å²) in [5, 5.41) is 12.4. The maximum Gasteiger partial charge on any atom is 0.306 e. The number of carboxylic acid groups (broad SMARTS) is 1. The van der Waals surface area contributed by atoms with Crippen molar-refractivity contribution in [2.75, 3.05) is 6.54 Å². The molecule has 1 fully saturated rings. The lowest BCUT2D eigenvalue weighted by Crippen LogP contribution is -2.40. The molecule has 0 radical (unpaired) electrons. The minimum absolute atomic E-state index is 0.0871. The van der Waals surface area contributed by atoms with Gasteiger partial charge in [-0.25, -0.2) is 0 Å². The molecule has 15 heavy (non-hydrogen) atoms. The molecule has 0 aromatic carbocycles. The standard InChI is InChI=1S/C12H23NO2/c1-12(2,3)13-8-9-4-6-10(7-5-9)11(14)15/h9-10,13H,4-8H2,1-3H3,(H,14,15)/t9-,10-. The molecular formula is C12H23NO2. The fraction of sp³-hybridized carbons (Fsp3) is 0.917. The Labute approximate surface area is 92.3 Å². The van der Waals surface area contributed by atoms with E-state index in [0.29, 0.717) is 5.92 Å². The molecule has 0 aromatic heterocycles. The van der Waals surface area contributed by atoms with Gasteiger partial charge in [0.25, 0.3) is 0 Å². The van der Waals surface area contributed by atoms with Crippen LogP contribution >= 0.6 is 0 Å². The van der Waals surface area contributed by atoms with E-state index in [1.165, 1.54) is 0 Å². The van der Waals surface area contributed by atoms with Crippen molar-refractivity contribution in [3.63, 3.8) is 0 Å². The van der Waals surface area contributed by atoms with Crippen LogP contribution < -0.4 is 5.32 Å². The summed E-state index contributed by atoms with van der Waals surface area (Å²) in [5.74, 6) is -0.0343. The van der Waals surface area contributed by atoms with Crippen LogP contribution in [0.3, 0.4) is 0 Å². The fourth-order valence-corrected chi connectivity index (χ4v) is 2.06. The first-order chi connectivity index (χ1) is 6.88. The van der Waals surface area contributed by atoms with Gasteiger partial charge >= 0.3 is 5.97 Å². The van der Waals surface area contributed by atoms with Crippen molar-refractivity contribution in [1.29, 1.82) is 0 Å². The Morgan fingerprint density at radius 3 is 2.20 bits per heavy atom. The summed E-state index contributed by atoms with van der Waals surface area (Å²) >= 11 is 0. The summed E-state index contributed by atoms with van der Waals surface area (Å²) in [6.07, 6.45) is 3.82. The van der Waals surface area contributed by atoms with Crippen LogP contribution in [0.1, 0.15) is 46.5 Å². The van der Waals surface area contributed by atoms with Gasteiger partial charge in [0.05, 0.1) is 5.92 Å². The van der Waals surface area contributed by atoms with Crippen molar-refractivity contribution in [2.24, 2.45) is 11.8 Å². The topological polar surface area (TPSA) is 49.3 Å². The van der Waals surface area contributed by atoms with Crippen molar-refractivity contribution in [2.45, 2.75) is 52.0 Å². The minimum Gasteiger partial charge on any atom is -0.481 e. The van der Waals surface area contributed by atoms with Gasteiger partial charge in [-0.1, -0.05) is 0 Å². The second-order valence-corrected chi connectivity index (χ2v) is 5.69. The van der Waals surface area contributed by atoms with E-state index in [-0.39, 0.29) is 11.5 Å². The number of carboxylic acids is 1. The normalized spacial score (nSPS) is 27.7. The van der Waals surface area contributed by atoms with Crippen molar-refractivity contribution in [3.05, 3.63) is 0 Å². The molecule has 0 aromatic rings. The van der Waals surface area contributed by atoms with E-state index in [1.807, 2.05) is 0 Å². The maximum absolute atomic E-state index is 10.8. The zero-order valence-electron chi connectivity index (χ0n) is 10.0. The van der Waals surface area contributed by atoms with Gasteiger partial charge in [-0.3, -0.25) is 4.79 Å². The molecule has 0 atom stereocenters. The number of rotatable bonds is 3. The van der Waals surface area contributed by atoms with E-state index in [1.54, 1.807) is 0 Å². The average molecular weight is 213 g/mol. The Morgan fingerprint density at radius 1 is 1.27 bits per heavy atom. The Hall–Kier alpha value is -0.570. The van der Waals surface area contributed by atoms with E-state index in [4.69, 9.17) is 5.11 Å². The first-order valence-corrected chi connectivity index (χ1v) is 5.86. The Morgan fingerprint density at radius 2 is 1.80 bits per heavy atom. The lowest BCUT2D eigenvalue weighted by atomic mass is 9.82. The SMILES string of the molecule is CC(C)(C)NC[C@H]1CC[C@H](C(=O)O)CC1. The van der Waals surface area contributed by atoms with Crippen molar-refractivity contribution >= 4 is 5.97 Å². The van der Waals surface area contributed by atoms with Crippen molar-refractivity contribution in [1.82, 2.24) is 5.32 Å². The zero-order chi connectivity index (χ0) is 11.5. The summed E-state index contributed by atoms with van der Waals surface area (Å²) in [7, 11) is 0. The van der Waals surface area contributed by atoms with Gasteiger partial charge in [-0.15, -0.1) is 0 Å². The van der Waals surface area contributed by atoms with Gasteiger partial charge in [0.1, 0.15) is 0 Å². The van der Waals surface area contributed by atoms with Crippen LogP contribution in [0.4, 0.5) is 0 Å². The molecule has 1 aliphatic carbocycles. The molecule has 3 heteroatoms. The molecule has 0 heterocycles. The smallest absolute Gasteiger partial charge is 0.306 e. The van der Waals surface area contributed by atoms with E-state index >= 15 is 0 Å². The van der Waals surface area contributed by atoms with E-state index in [0.717, 1.165) is 32.2 Å². The third-order valence-electron chi connectivity index (χ3n) is 3.12. The summed E-state index contributed by atoms with van der Waals surface area (Å²) in [6, 6.07) is 0. The van der Waals surface area contributed by atoms with Crippen LogP contribution in [0.2, 0.25) is 0 Å². The molecule has 0 unspecified atom stereocenters. The van der Waals surface area contributed by atoms with Crippen molar-refractivity contribution < 1.29 is 9.90 Å². The third kappa shape index (κ3) is 4.65. The van der Waals surface area contributed by atoms with E-state index in [9.17, 15) is 4.79 Å². The first kappa shape index (κ1) is 12.5. The first-order valence-electron chi connectivity index (χ1n) is 5.86. The predicted molar refractivity (Wildman–Crippen MR) is 60.8 cm³/mol. The van der Waals surface area contributed by atoms with Crippen LogP contribution in [0.15, 0.2) is 0 Å². The molecule has 0 aliphatic heterocycles. The zero-order valence-corrected chi connectivity index (χ0v) is 10.0. The molecule has 0 bridgehead atoms. The molecule has 0 amide bonds. The number of hydrogen-bond acceptors (Lipinski definition) is 2. The molecule has 0 spiro atoms. The molecule has 1 saturated carbocycles. The number of aliphatic carboxylic acids is 1. The van der Waals surface area contributed by atoms with Gasteiger partial charge in [0.15, 0.2) is 0 Å². The molecule has 2 N–H and O–H groups in total. The number of nitrogens with one attached hydrogen (secondary N) is 1. The third-order valence-corrected chi connectivity index (χ3v) is 3.12. The molecule has 1 rings (SSSR count). The summed E-state index contributed by atoms with van der Waals surface area (Å²) in [5.41, 5.74) is 0.170. The highest BCUT2D eigenvalue weighted by Gasteiger charge is 2.26. The Kier molecular flexibility index (Phi) is 4.14. The highest BCUT2D eigenvalue weighted by atomic mass is 16.4. The van der Waals surface area contributed by atoms with Crippen LogP contribution in [-0.4, -0.2) is 23.2 Å². The Bertz CT molecular complexity index is 212. The molecule has 1 aliphatic rings. The summed E-state index contributed by atoms with van der Waals surface area (Å²) in [6.45, 7) is 7.51. The van der Waals surface area contributed by atoms with Gasteiger partial charge in [0, 0.05) is 5.54 Å². The number of hydrogen-bond donors (Lipinski definition) is 2. The molecular weight excluding hydrogens is 190 g/mol. The largest absolute Gasteiger partial charge is 0.481 e. The highest BCUT2D eigenvalue weighted by Crippen LogP contribution is 2.28. The maximum atomic E-state index is 10.8. The quantitative estimate of drug-likeness (QED) is 0.756. The average Bonchev–Trinajstić information content (AvgIpc) is 2.14. The highest BCUT2D eigenvalue weighted by molar-refractivity contribution is 5.69. The van der Waals surface area contributed by atoms with Gasteiger partial charge in [0.2, 0.25) is 0 Å². The van der Waals surface area contributed by atoms with Crippen molar-refractivity contribution in [3.8, 4) is 0 Å². The van der Waals surface area contributed by atoms with E-state index in [2.05, 4.69) is 26.1 Å². The van der Waals surface area contributed by atoms with Crippen LogP contribution in [0.5, 0.6) is 0 Å². The van der Waals surface area contributed by atoms with Gasteiger partial charge in [-0.2, -0.15) is 0 Å². The molecule has 0 saturated heterocycles. The second-order valence-electron chi connectivity index (χ2n) is 5.69. The molecule has 3 nitrogen and oxygen atoms in total. The van der Waals surface area contributed by atoms with Gasteiger partial charge in [-0.05, 0) is 58.9 Å². The fourth-order valence-electron chi connectivity index (χ4n) is 2.06. The summed E-state index contributed by atoms with van der Waals surface area (Å²) < 4.78 is 0. The minimum atomic E-state index is -0.614. The Balaban J connectivity index is 2.23. The second kappa shape index (κ2) is 4.97. The van der Waals surface area contributed by atoms with Crippen LogP contribution in [0.25, 0.3) is 0 Å². The summed E-state index contributed by atoms with van der Waals surface area (Å²) in [4.78, 5) is 10.8. The monoisotopic (exact) mass is 213 g/mol. The van der Waals surface area contributed by atoms with Crippen LogP contribution in [-0.2, 0) is 4.79 Å². The van der Waals surface area contributed by atoms with Gasteiger partial charge < -0.3 is 10.4 Å². The predicted octanol–water partition coefficient (Wildman–Crippen LogP) is 2.27. The van der Waals surface area contributed by atoms with Crippen LogP contribution in [0, 0.1) is 11.8 Å². The number of carbonyl (C=O) groups is 1.